The lowest BCUT2D eigenvalue weighted by Crippen LogP contribution is -2.27. The summed E-state index contributed by atoms with van der Waals surface area (Å²) < 4.78 is 3.71. The first-order chi connectivity index (χ1) is 12.6. The third-order valence-corrected chi connectivity index (χ3v) is 4.33. The molecule has 0 unspecified atom stereocenters. The summed E-state index contributed by atoms with van der Waals surface area (Å²) in [4.78, 5) is 28.8. The van der Waals surface area contributed by atoms with Gasteiger partial charge in [-0.25, -0.2) is 4.98 Å². The monoisotopic (exact) mass is 346 g/mol. The molecule has 0 aliphatic rings. The largest absolute Gasteiger partial charge is 0.349 e. The molecule has 1 amide bonds. The molecular formula is C20H18N4O2. The zero-order chi connectivity index (χ0) is 18.1. The van der Waals surface area contributed by atoms with E-state index in [1.54, 1.807) is 16.8 Å². The van der Waals surface area contributed by atoms with E-state index in [1.807, 2.05) is 54.0 Å². The molecule has 4 aromatic rings. The molecule has 1 N–H and O–H groups in total. The number of rotatable bonds is 4. The lowest BCUT2D eigenvalue weighted by Gasteiger charge is -2.10. The summed E-state index contributed by atoms with van der Waals surface area (Å²) in [5, 5.41) is 3.50. The highest BCUT2D eigenvalue weighted by Gasteiger charge is 2.08. The van der Waals surface area contributed by atoms with Crippen molar-refractivity contribution in [2.24, 2.45) is 0 Å². The maximum absolute atomic E-state index is 12.3. The highest BCUT2D eigenvalue weighted by atomic mass is 16.2. The van der Waals surface area contributed by atoms with Crippen LogP contribution in [0.25, 0.3) is 16.6 Å². The van der Waals surface area contributed by atoms with E-state index >= 15 is 0 Å². The molecule has 130 valence electrons. The molecule has 0 fully saturated rings. The summed E-state index contributed by atoms with van der Waals surface area (Å²) in [5.41, 5.74) is 3.51. The minimum absolute atomic E-state index is 0.0442. The second kappa shape index (κ2) is 6.48. The van der Waals surface area contributed by atoms with Crippen LogP contribution in [0.1, 0.15) is 11.3 Å². The average Bonchev–Trinajstić information content (AvgIpc) is 3.04. The molecule has 0 radical (unpaired) electrons. The first-order valence-electron chi connectivity index (χ1n) is 8.39. The standard InChI is InChI=1S/C20H18N4O2/c1-14-6-8-24-12-15(22-19(24)10-14)11-21-20(26)13-23-9-7-18(25)16-4-2-3-5-17(16)23/h2-10,12H,11,13H2,1H3,(H,21,26). The Morgan fingerprint density at radius 1 is 1.15 bits per heavy atom. The Morgan fingerprint density at radius 3 is 2.88 bits per heavy atom. The van der Waals surface area contributed by atoms with Crippen molar-refractivity contribution in [3.8, 4) is 0 Å². The maximum atomic E-state index is 12.3. The number of para-hydroxylation sites is 1. The molecule has 4 rings (SSSR count). The van der Waals surface area contributed by atoms with Crippen LogP contribution >= 0.6 is 0 Å². The van der Waals surface area contributed by atoms with Crippen molar-refractivity contribution in [2.45, 2.75) is 20.0 Å². The van der Waals surface area contributed by atoms with E-state index in [9.17, 15) is 9.59 Å². The van der Waals surface area contributed by atoms with Crippen molar-refractivity contribution in [3.05, 3.63) is 82.5 Å². The number of benzene rings is 1. The minimum Gasteiger partial charge on any atom is -0.349 e. The van der Waals surface area contributed by atoms with Gasteiger partial charge in [-0.05, 0) is 36.8 Å². The van der Waals surface area contributed by atoms with E-state index in [4.69, 9.17) is 0 Å². The summed E-state index contributed by atoms with van der Waals surface area (Å²) in [5.74, 6) is -0.132. The number of hydrogen-bond donors (Lipinski definition) is 1. The molecule has 1 aromatic carbocycles. The van der Waals surface area contributed by atoms with Crippen LogP contribution in [0, 0.1) is 6.92 Å². The molecule has 0 atom stereocenters. The Hall–Kier alpha value is -3.41. The van der Waals surface area contributed by atoms with E-state index in [0.717, 1.165) is 22.4 Å². The number of aromatic nitrogens is 3. The van der Waals surface area contributed by atoms with Crippen LogP contribution in [0.4, 0.5) is 0 Å². The van der Waals surface area contributed by atoms with Gasteiger partial charge in [0.1, 0.15) is 12.2 Å². The van der Waals surface area contributed by atoms with Gasteiger partial charge in [-0.15, -0.1) is 0 Å². The molecule has 26 heavy (non-hydrogen) atoms. The zero-order valence-electron chi connectivity index (χ0n) is 14.3. The van der Waals surface area contributed by atoms with E-state index in [2.05, 4.69) is 10.3 Å². The van der Waals surface area contributed by atoms with Crippen molar-refractivity contribution < 1.29 is 4.79 Å². The molecule has 0 aliphatic carbocycles. The number of carbonyl (C=O) groups excluding carboxylic acids is 1. The van der Waals surface area contributed by atoms with Gasteiger partial charge in [0.25, 0.3) is 0 Å². The second-order valence-corrected chi connectivity index (χ2v) is 6.30. The Balaban J connectivity index is 1.49. The Bertz CT molecular complexity index is 1170. The second-order valence-electron chi connectivity index (χ2n) is 6.30. The number of carbonyl (C=O) groups is 1. The fourth-order valence-electron chi connectivity index (χ4n) is 3.02. The first kappa shape index (κ1) is 16.1. The molecule has 0 saturated carbocycles. The summed E-state index contributed by atoms with van der Waals surface area (Å²) in [6, 6.07) is 12.8. The van der Waals surface area contributed by atoms with E-state index in [0.29, 0.717) is 11.9 Å². The minimum atomic E-state index is -0.132. The normalized spacial score (nSPS) is 11.1. The Kier molecular flexibility index (Phi) is 4.01. The number of nitrogens with one attached hydrogen (secondary N) is 1. The molecule has 6 nitrogen and oxygen atoms in total. The SMILES string of the molecule is Cc1ccn2cc(CNC(=O)Cn3ccc(=O)c4ccccc43)nc2c1. The summed E-state index contributed by atoms with van der Waals surface area (Å²) in [6.45, 7) is 2.52. The van der Waals surface area contributed by atoms with Crippen LogP contribution in [0.15, 0.2) is 65.8 Å². The fourth-order valence-corrected chi connectivity index (χ4v) is 3.02. The van der Waals surface area contributed by atoms with Crippen molar-refractivity contribution >= 4 is 22.5 Å². The smallest absolute Gasteiger partial charge is 0.240 e. The lowest BCUT2D eigenvalue weighted by atomic mass is 10.2. The molecular weight excluding hydrogens is 328 g/mol. The third kappa shape index (κ3) is 3.09. The molecule has 6 heteroatoms. The first-order valence-corrected chi connectivity index (χ1v) is 8.39. The van der Waals surface area contributed by atoms with Crippen LogP contribution in [-0.4, -0.2) is 19.9 Å². The summed E-state index contributed by atoms with van der Waals surface area (Å²) in [6.07, 6.45) is 5.51. The predicted molar refractivity (Wildman–Crippen MR) is 100.0 cm³/mol. The van der Waals surface area contributed by atoms with Gasteiger partial charge in [-0.3, -0.25) is 9.59 Å². The van der Waals surface area contributed by atoms with Gasteiger partial charge >= 0.3 is 0 Å². The maximum Gasteiger partial charge on any atom is 0.240 e. The summed E-state index contributed by atoms with van der Waals surface area (Å²) >= 11 is 0. The van der Waals surface area contributed by atoms with Gasteiger partial charge in [-0.2, -0.15) is 0 Å². The number of nitrogens with zero attached hydrogens (tertiary/aromatic N) is 3. The van der Waals surface area contributed by atoms with Gasteiger partial charge in [-0.1, -0.05) is 12.1 Å². The van der Waals surface area contributed by atoms with Gasteiger partial charge < -0.3 is 14.3 Å². The average molecular weight is 346 g/mol. The van der Waals surface area contributed by atoms with Crippen LogP contribution < -0.4 is 10.7 Å². The number of aryl methyl sites for hydroxylation is 1. The Labute approximate surface area is 149 Å². The van der Waals surface area contributed by atoms with E-state index in [1.165, 1.54) is 6.07 Å². The van der Waals surface area contributed by atoms with Crippen molar-refractivity contribution in [2.75, 3.05) is 0 Å². The highest BCUT2D eigenvalue weighted by Crippen LogP contribution is 2.10. The fraction of sp³-hybridized carbons (Fsp3) is 0.150. The lowest BCUT2D eigenvalue weighted by molar-refractivity contribution is -0.121. The van der Waals surface area contributed by atoms with Gasteiger partial charge in [0.05, 0.1) is 17.8 Å². The number of imidazole rings is 1. The van der Waals surface area contributed by atoms with Crippen molar-refractivity contribution in [1.82, 2.24) is 19.3 Å². The number of pyridine rings is 2. The number of fused-ring (bicyclic) bond motifs is 2. The van der Waals surface area contributed by atoms with Crippen LogP contribution in [0.2, 0.25) is 0 Å². The zero-order valence-corrected chi connectivity index (χ0v) is 14.3. The van der Waals surface area contributed by atoms with Crippen LogP contribution in [0.5, 0.6) is 0 Å². The van der Waals surface area contributed by atoms with Gasteiger partial charge in [0.15, 0.2) is 5.43 Å². The van der Waals surface area contributed by atoms with Crippen molar-refractivity contribution in [1.29, 1.82) is 0 Å². The topological polar surface area (TPSA) is 68.4 Å². The molecule has 0 aliphatic heterocycles. The molecule has 0 bridgehead atoms. The van der Waals surface area contributed by atoms with Gasteiger partial charge in [0, 0.05) is 30.0 Å². The summed E-state index contributed by atoms with van der Waals surface area (Å²) in [7, 11) is 0. The molecule has 0 saturated heterocycles. The third-order valence-electron chi connectivity index (χ3n) is 4.33. The number of amides is 1. The number of hydrogen-bond acceptors (Lipinski definition) is 3. The van der Waals surface area contributed by atoms with Crippen molar-refractivity contribution in [3.63, 3.8) is 0 Å². The van der Waals surface area contributed by atoms with Crippen LogP contribution in [0.3, 0.4) is 0 Å². The molecule has 3 heterocycles. The Morgan fingerprint density at radius 2 is 2.00 bits per heavy atom. The van der Waals surface area contributed by atoms with E-state index < -0.39 is 0 Å². The highest BCUT2D eigenvalue weighted by molar-refractivity contribution is 5.82. The molecule has 0 spiro atoms. The van der Waals surface area contributed by atoms with E-state index in [-0.39, 0.29) is 17.9 Å². The predicted octanol–water partition coefficient (Wildman–Crippen LogP) is 2.27. The van der Waals surface area contributed by atoms with Crippen LogP contribution in [-0.2, 0) is 17.9 Å². The molecule has 3 aromatic heterocycles. The quantitative estimate of drug-likeness (QED) is 0.616. The van der Waals surface area contributed by atoms with Gasteiger partial charge in [0.2, 0.25) is 5.91 Å².